The largest absolute Gasteiger partial charge is 0.449 e. The smallest absolute Gasteiger partial charge is 0.387 e. The molecule has 106 valence electrons. The van der Waals surface area contributed by atoms with Gasteiger partial charge in [-0.3, -0.25) is 4.55 Å². The van der Waals surface area contributed by atoms with Gasteiger partial charge in [0.1, 0.15) is 18.3 Å². The summed E-state index contributed by atoms with van der Waals surface area (Å²) in [5, 5.41) is 28.2. The summed E-state index contributed by atoms with van der Waals surface area (Å²) in [5.41, 5.74) is 0. The minimum absolute atomic E-state index is 1.08. The zero-order valence-electron chi connectivity index (χ0n) is 9.03. The third-order valence-corrected chi connectivity index (χ3v) is 2.63. The van der Waals surface area contributed by atoms with Crippen LogP contribution in [0, 0.1) is 0 Å². The molecule has 0 aromatic heterocycles. The lowest BCUT2D eigenvalue weighted by atomic mass is 9.99. The van der Waals surface area contributed by atoms with Gasteiger partial charge in [0.2, 0.25) is 0 Å². The summed E-state index contributed by atoms with van der Waals surface area (Å²) >= 11 is 0. The number of ether oxygens (including phenoxy) is 2. The molecule has 10 nitrogen and oxygen atoms in total. The maximum absolute atomic E-state index is 11.2. The van der Waals surface area contributed by atoms with Crippen LogP contribution in [0.1, 0.15) is 0 Å². The summed E-state index contributed by atoms with van der Waals surface area (Å²) in [6.07, 6.45) is -8.65. The second-order valence-electron chi connectivity index (χ2n) is 3.46. The van der Waals surface area contributed by atoms with Gasteiger partial charge < -0.3 is 29.0 Å². The van der Waals surface area contributed by atoms with Gasteiger partial charge >= 0.3 is 16.4 Å². The summed E-state index contributed by atoms with van der Waals surface area (Å²) in [6.45, 7) is 0. The van der Waals surface area contributed by atoms with Crippen molar-refractivity contribution in [2.75, 3.05) is 7.11 Å². The van der Waals surface area contributed by atoms with Gasteiger partial charge in [-0.2, -0.15) is 8.42 Å². The number of methoxy groups -OCH3 is 1. The Morgan fingerprint density at radius 1 is 1.22 bits per heavy atom. The molecule has 0 radical (unpaired) electrons. The SMILES string of the molecule is CO[C@@H]1[C@@H](O)[C@H](O)O[C@H](C(=O)OS(=O)(=O)O)[C@H]1O. The monoisotopic (exact) mass is 288 g/mol. The quantitative estimate of drug-likeness (QED) is 0.389. The van der Waals surface area contributed by atoms with Crippen LogP contribution in [0.4, 0.5) is 0 Å². The fourth-order valence-corrected chi connectivity index (χ4v) is 1.78. The number of carbonyl (C=O) groups is 1. The van der Waals surface area contributed by atoms with E-state index < -0.39 is 47.1 Å². The van der Waals surface area contributed by atoms with Crippen molar-refractivity contribution in [3.05, 3.63) is 0 Å². The Morgan fingerprint density at radius 3 is 2.22 bits per heavy atom. The highest BCUT2D eigenvalue weighted by Crippen LogP contribution is 2.23. The summed E-state index contributed by atoms with van der Waals surface area (Å²) in [4.78, 5) is 11.2. The molecule has 1 aliphatic rings. The van der Waals surface area contributed by atoms with Crippen LogP contribution in [0.5, 0.6) is 0 Å². The van der Waals surface area contributed by atoms with Crippen LogP contribution in [-0.4, -0.2) is 72.1 Å². The molecule has 1 heterocycles. The lowest BCUT2D eigenvalue weighted by Gasteiger charge is -2.38. The van der Waals surface area contributed by atoms with Crippen molar-refractivity contribution >= 4 is 16.4 Å². The number of aliphatic hydroxyl groups excluding tert-OH is 3. The molecule has 0 aliphatic carbocycles. The highest BCUT2D eigenvalue weighted by molar-refractivity contribution is 7.81. The Kier molecular flexibility index (Phi) is 4.61. The molecule has 0 spiro atoms. The molecule has 0 amide bonds. The summed E-state index contributed by atoms with van der Waals surface area (Å²) in [7, 11) is -3.99. The van der Waals surface area contributed by atoms with Crippen LogP contribution in [-0.2, 0) is 28.9 Å². The summed E-state index contributed by atoms with van der Waals surface area (Å²) < 4.78 is 41.6. The normalized spacial score (nSPS) is 37.3. The van der Waals surface area contributed by atoms with Gasteiger partial charge in [-0.15, -0.1) is 0 Å². The third kappa shape index (κ3) is 3.35. The molecule has 5 atom stereocenters. The van der Waals surface area contributed by atoms with Crippen LogP contribution in [0.2, 0.25) is 0 Å². The van der Waals surface area contributed by atoms with Gasteiger partial charge in [-0.25, -0.2) is 4.79 Å². The highest BCUT2D eigenvalue weighted by Gasteiger charge is 2.48. The molecule has 0 aromatic carbocycles. The van der Waals surface area contributed by atoms with E-state index in [9.17, 15) is 28.5 Å². The Hall–Kier alpha value is -0.820. The van der Waals surface area contributed by atoms with E-state index in [1.807, 2.05) is 0 Å². The average molecular weight is 288 g/mol. The van der Waals surface area contributed by atoms with Crippen molar-refractivity contribution in [3.8, 4) is 0 Å². The summed E-state index contributed by atoms with van der Waals surface area (Å²) in [6, 6.07) is 0. The zero-order valence-corrected chi connectivity index (χ0v) is 9.85. The van der Waals surface area contributed by atoms with Crippen LogP contribution < -0.4 is 0 Å². The number of aliphatic hydroxyl groups is 3. The van der Waals surface area contributed by atoms with E-state index in [1.54, 1.807) is 0 Å². The Morgan fingerprint density at radius 2 is 1.78 bits per heavy atom. The van der Waals surface area contributed by atoms with Crippen LogP contribution in [0.25, 0.3) is 0 Å². The molecule has 4 N–H and O–H groups in total. The van der Waals surface area contributed by atoms with Crippen molar-refractivity contribution in [1.29, 1.82) is 0 Å². The van der Waals surface area contributed by atoms with Crippen molar-refractivity contribution in [2.24, 2.45) is 0 Å². The van der Waals surface area contributed by atoms with Gasteiger partial charge in [0, 0.05) is 7.11 Å². The predicted molar refractivity (Wildman–Crippen MR) is 51.3 cm³/mol. The zero-order chi connectivity index (χ0) is 14.1. The van der Waals surface area contributed by atoms with Crippen LogP contribution in [0.3, 0.4) is 0 Å². The van der Waals surface area contributed by atoms with Crippen molar-refractivity contribution in [3.63, 3.8) is 0 Å². The molecule has 0 unspecified atom stereocenters. The minimum Gasteiger partial charge on any atom is -0.387 e. The van der Waals surface area contributed by atoms with Gasteiger partial charge in [-0.05, 0) is 0 Å². The summed E-state index contributed by atoms with van der Waals surface area (Å²) in [5.74, 6) is -1.65. The van der Waals surface area contributed by atoms with E-state index in [0.29, 0.717) is 0 Å². The topological polar surface area (TPSA) is 160 Å². The van der Waals surface area contributed by atoms with Gasteiger partial charge in [0.15, 0.2) is 12.4 Å². The molecule has 1 fully saturated rings. The minimum atomic E-state index is -5.08. The maximum atomic E-state index is 11.2. The molecule has 1 rings (SSSR count). The Bertz CT molecular complexity index is 404. The van der Waals surface area contributed by atoms with Crippen LogP contribution >= 0.6 is 0 Å². The number of rotatable bonds is 3. The first kappa shape index (κ1) is 15.2. The van der Waals surface area contributed by atoms with E-state index in [0.717, 1.165) is 7.11 Å². The van der Waals surface area contributed by atoms with E-state index >= 15 is 0 Å². The molecule has 1 saturated heterocycles. The number of hydrogen-bond donors (Lipinski definition) is 4. The first-order chi connectivity index (χ1) is 8.17. The van der Waals surface area contributed by atoms with Gasteiger partial charge in [0.25, 0.3) is 0 Å². The fraction of sp³-hybridized carbons (Fsp3) is 0.857. The first-order valence-corrected chi connectivity index (χ1v) is 5.97. The Balaban J connectivity index is 2.86. The maximum Gasteiger partial charge on any atom is 0.449 e. The molecule has 1 aliphatic heterocycles. The van der Waals surface area contributed by atoms with E-state index in [-0.39, 0.29) is 0 Å². The fourth-order valence-electron chi connectivity index (χ4n) is 1.47. The average Bonchev–Trinajstić information content (AvgIpc) is 2.21. The molecule has 0 bridgehead atoms. The lowest BCUT2D eigenvalue weighted by Crippen LogP contribution is -2.60. The second-order valence-corrected chi connectivity index (χ2v) is 4.48. The molecular weight excluding hydrogens is 276 g/mol. The molecule has 18 heavy (non-hydrogen) atoms. The molecule has 11 heteroatoms. The predicted octanol–water partition coefficient (Wildman–Crippen LogP) is -3.21. The molecular formula is C7H12O10S. The standard InChI is InChI=1S/C7H12O10S/c1-15-4-2(8)5(16-6(10)3(4)9)7(11)17-18(12,13)14/h2-6,8-10H,1H3,(H,12,13,14)/t2-,3+,4-,5-,6+/m0/s1. The number of carbonyl (C=O) groups excluding carboxylic acids is 1. The van der Waals surface area contributed by atoms with Crippen LogP contribution in [0.15, 0.2) is 0 Å². The van der Waals surface area contributed by atoms with Crippen molar-refractivity contribution in [2.45, 2.75) is 30.7 Å². The Labute approximate surface area is 102 Å². The highest BCUT2D eigenvalue weighted by atomic mass is 32.3. The molecule has 0 saturated carbocycles. The lowest BCUT2D eigenvalue weighted by molar-refractivity contribution is -0.283. The van der Waals surface area contributed by atoms with Crippen molar-refractivity contribution in [1.82, 2.24) is 0 Å². The van der Waals surface area contributed by atoms with Crippen molar-refractivity contribution < 1.29 is 46.7 Å². The third-order valence-electron chi connectivity index (χ3n) is 2.25. The van der Waals surface area contributed by atoms with E-state index in [2.05, 4.69) is 13.7 Å². The first-order valence-electron chi connectivity index (χ1n) is 4.60. The molecule has 0 aromatic rings. The van der Waals surface area contributed by atoms with Gasteiger partial charge in [0.05, 0.1) is 0 Å². The van der Waals surface area contributed by atoms with Gasteiger partial charge in [-0.1, -0.05) is 0 Å². The van der Waals surface area contributed by atoms with E-state index in [4.69, 9.17) is 4.55 Å². The number of hydrogen-bond acceptors (Lipinski definition) is 9. The second kappa shape index (κ2) is 5.44. The van der Waals surface area contributed by atoms with E-state index in [1.165, 1.54) is 0 Å².